The van der Waals surface area contributed by atoms with Crippen molar-refractivity contribution in [3.8, 4) is 0 Å². The zero-order valence-electron chi connectivity index (χ0n) is 13.1. The van der Waals surface area contributed by atoms with E-state index in [1.54, 1.807) is 18.2 Å². The fourth-order valence-corrected chi connectivity index (χ4v) is 2.70. The van der Waals surface area contributed by atoms with Crippen molar-refractivity contribution in [1.82, 2.24) is 10.2 Å². The topological polar surface area (TPSA) is 49.4 Å². The molecule has 1 aliphatic heterocycles. The molecule has 1 fully saturated rings. The summed E-state index contributed by atoms with van der Waals surface area (Å²) in [7, 11) is 0. The molecule has 1 aromatic rings. The van der Waals surface area contributed by atoms with Crippen LogP contribution in [0.15, 0.2) is 24.3 Å². The highest BCUT2D eigenvalue weighted by molar-refractivity contribution is 5.79. The van der Waals surface area contributed by atoms with Gasteiger partial charge >= 0.3 is 0 Å². The van der Waals surface area contributed by atoms with Gasteiger partial charge in [0.05, 0.1) is 6.42 Å². The zero-order chi connectivity index (χ0) is 16.1. The first-order valence-electron chi connectivity index (χ1n) is 7.79. The lowest BCUT2D eigenvalue weighted by molar-refractivity contribution is -0.135. The van der Waals surface area contributed by atoms with Gasteiger partial charge in [-0.05, 0) is 24.5 Å². The smallest absolute Gasteiger partial charge is 0.225 e. The Morgan fingerprint density at radius 3 is 2.50 bits per heavy atom. The lowest BCUT2D eigenvalue weighted by Crippen LogP contribution is -2.47. The van der Waals surface area contributed by atoms with E-state index < -0.39 is 0 Å². The van der Waals surface area contributed by atoms with Crippen molar-refractivity contribution >= 4 is 11.8 Å². The maximum Gasteiger partial charge on any atom is 0.225 e. The number of benzene rings is 1. The van der Waals surface area contributed by atoms with Gasteiger partial charge in [-0.1, -0.05) is 32.0 Å². The third kappa shape index (κ3) is 4.29. The van der Waals surface area contributed by atoms with Gasteiger partial charge in [-0.2, -0.15) is 0 Å². The van der Waals surface area contributed by atoms with Crippen LogP contribution in [0, 0.1) is 11.7 Å². The van der Waals surface area contributed by atoms with Gasteiger partial charge in [0.25, 0.3) is 0 Å². The van der Waals surface area contributed by atoms with Gasteiger partial charge in [0, 0.05) is 25.0 Å². The van der Waals surface area contributed by atoms with Crippen LogP contribution in [0.25, 0.3) is 0 Å². The molecule has 120 valence electrons. The van der Waals surface area contributed by atoms with Crippen LogP contribution in [0.1, 0.15) is 32.3 Å². The summed E-state index contributed by atoms with van der Waals surface area (Å²) in [6, 6.07) is 6.38. The van der Waals surface area contributed by atoms with Crippen molar-refractivity contribution in [2.75, 3.05) is 13.1 Å². The molecule has 1 aromatic carbocycles. The molecule has 4 nitrogen and oxygen atoms in total. The molecule has 1 heterocycles. The SMILES string of the molecule is CC(C)C(=O)N1CCC(NC(=O)Cc2ccccc2F)CC1. The number of amides is 2. The van der Waals surface area contributed by atoms with Crippen molar-refractivity contribution in [2.24, 2.45) is 5.92 Å². The summed E-state index contributed by atoms with van der Waals surface area (Å²) >= 11 is 0. The molecule has 1 saturated heterocycles. The van der Waals surface area contributed by atoms with Crippen LogP contribution < -0.4 is 5.32 Å². The number of carbonyl (C=O) groups excluding carboxylic acids is 2. The lowest BCUT2D eigenvalue weighted by Gasteiger charge is -2.33. The van der Waals surface area contributed by atoms with Crippen molar-refractivity contribution in [1.29, 1.82) is 0 Å². The first kappa shape index (κ1) is 16.5. The number of rotatable bonds is 4. The largest absolute Gasteiger partial charge is 0.353 e. The highest BCUT2D eigenvalue weighted by atomic mass is 19.1. The quantitative estimate of drug-likeness (QED) is 0.926. The molecule has 0 aromatic heterocycles. The van der Waals surface area contributed by atoms with E-state index in [0.717, 1.165) is 12.8 Å². The number of piperidine rings is 1. The standard InChI is InChI=1S/C17H23FN2O2/c1-12(2)17(22)20-9-7-14(8-10-20)19-16(21)11-13-5-3-4-6-15(13)18/h3-6,12,14H,7-11H2,1-2H3,(H,19,21). The van der Waals surface area contributed by atoms with E-state index >= 15 is 0 Å². The molecule has 2 rings (SSSR count). The molecule has 1 N–H and O–H groups in total. The summed E-state index contributed by atoms with van der Waals surface area (Å²) in [6.45, 7) is 5.12. The van der Waals surface area contributed by atoms with E-state index in [1.807, 2.05) is 18.7 Å². The second-order valence-electron chi connectivity index (χ2n) is 6.09. The molecule has 0 radical (unpaired) electrons. The fraction of sp³-hybridized carbons (Fsp3) is 0.529. The second-order valence-corrected chi connectivity index (χ2v) is 6.09. The average molecular weight is 306 g/mol. The Morgan fingerprint density at radius 2 is 1.91 bits per heavy atom. The highest BCUT2D eigenvalue weighted by Crippen LogP contribution is 2.14. The van der Waals surface area contributed by atoms with Crippen LogP contribution >= 0.6 is 0 Å². The van der Waals surface area contributed by atoms with E-state index in [9.17, 15) is 14.0 Å². The molecule has 0 atom stereocenters. The minimum atomic E-state index is -0.352. The van der Waals surface area contributed by atoms with E-state index in [1.165, 1.54) is 6.07 Å². The number of nitrogens with one attached hydrogen (secondary N) is 1. The Labute approximate surface area is 130 Å². The first-order chi connectivity index (χ1) is 10.5. The predicted molar refractivity (Wildman–Crippen MR) is 82.7 cm³/mol. The van der Waals surface area contributed by atoms with Crippen LogP contribution in [-0.4, -0.2) is 35.8 Å². The maximum atomic E-state index is 13.5. The van der Waals surface area contributed by atoms with Gasteiger partial charge in [0.2, 0.25) is 11.8 Å². The minimum absolute atomic E-state index is 0.00666. The van der Waals surface area contributed by atoms with Gasteiger partial charge < -0.3 is 10.2 Å². The van der Waals surface area contributed by atoms with Crippen molar-refractivity contribution in [2.45, 2.75) is 39.2 Å². The summed E-state index contributed by atoms with van der Waals surface area (Å²) in [5.74, 6) is -0.350. The molecule has 0 unspecified atom stereocenters. The fourth-order valence-electron chi connectivity index (χ4n) is 2.70. The van der Waals surface area contributed by atoms with Crippen LogP contribution in [-0.2, 0) is 16.0 Å². The number of nitrogens with zero attached hydrogens (tertiary/aromatic N) is 1. The predicted octanol–water partition coefficient (Wildman–Crippen LogP) is 2.13. The van der Waals surface area contributed by atoms with Crippen LogP contribution in [0.2, 0.25) is 0 Å². The molecule has 22 heavy (non-hydrogen) atoms. The molecule has 0 spiro atoms. The number of carbonyl (C=O) groups is 2. The summed E-state index contributed by atoms with van der Waals surface area (Å²) in [5.41, 5.74) is 0.410. The Hall–Kier alpha value is -1.91. The molecular weight excluding hydrogens is 283 g/mol. The van der Waals surface area contributed by atoms with Gasteiger partial charge in [0.1, 0.15) is 5.82 Å². The molecule has 2 amide bonds. The minimum Gasteiger partial charge on any atom is -0.353 e. The summed E-state index contributed by atoms with van der Waals surface area (Å²) in [6.07, 6.45) is 1.56. The molecule has 0 saturated carbocycles. The molecular formula is C17H23FN2O2. The maximum absolute atomic E-state index is 13.5. The summed E-state index contributed by atoms with van der Waals surface area (Å²) in [5, 5.41) is 2.94. The average Bonchev–Trinajstić information content (AvgIpc) is 2.49. The number of likely N-dealkylation sites (tertiary alicyclic amines) is 1. The van der Waals surface area contributed by atoms with Crippen LogP contribution in [0.3, 0.4) is 0 Å². The van der Waals surface area contributed by atoms with Gasteiger partial charge in [-0.15, -0.1) is 0 Å². The van der Waals surface area contributed by atoms with Crippen molar-refractivity contribution in [3.63, 3.8) is 0 Å². The van der Waals surface area contributed by atoms with Crippen LogP contribution in [0.4, 0.5) is 4.39 Å². The summed E-state index contributed by atoms with van der Waals surface area (Å²) in [4.78, 5) is 25.8. The molecule has 0 aliphatic carbocycles. The third-order valence-corrected chi connectivity index (χ3v) is 3.97. The van der Waals surface area contributed by atoms with Crippen molar-refractivity contribution in [3.05, 3.63) is 35.6 Å². The first-order valence-corrected chi connectivity index (χ1v) is 7.79. The number of hydrogen-bond donors (Lipinski definition) is 1. The Bertz CT molecular complexity index is 537. The van der Waals surface area contributed by atoms with E-state index in [2.05, 4.69) is 5.32 Å². The second kappa shape index (κ2) is 7.38. The zero-order valence-corrected chi connectivity index (χ0v) is 13.1. The van der Waals surface area contributed by atoms with E-state index in [-0.39, 0.29) is 36.0 Å². The number of halogens is 1. The Morgan fingerprint density at radius 1 is 1.27 bits per heavy atom. The highest BCUT2D eigenvalue weighted by Gasteiger charge is 2.25. The Balaban J connectivity index is 1.80. The number of hydrogen-bond acceptors (Lipinski definition) is 2. The van der Waals surface area contributed by atoms with Gasteiger partial charge in [-0.3, -0.25) is 9.59 Å². The van der Waals surface area contributed by atoms with Gasteiger partial charge in [0.15, 0.2) is 0 Å². The molecule has 0 bridgehead atoms. The lowest BCUT2D eigenvalue weighted by atomic mass is 10.0. The molecule has 1 aliphatic rings. The van der Waals surface area contributed by atoms with E-state index in [0.29, 0.717) is 18.7 Å². The third-order valence-electron chi connectivity index (χ3n) is 3.97. The monoisotopic (exact) mass is 306 g/mol. The van der Waals surface area contributed by atoms with Gasteiger partial charge in [-0.25, -0.2) is 4.39 Å². The molecule has 5 heteroatoms. The summed E-state index contributed by atoms with van der Waals surface area (Å²) < 4.78 is 13.5. The van der Waals surface area contributed by atoms with E-state index in [4.69, 9.17) is 0 Å². The normalized spacial score (nSPS) is 15.9. The Kier molecular flexibility index (Phi) is 5.52. The van der Waals surface area contributed by atoms with Crippen molar-refractivity contribution < 1.29 is 14.0 Å². The van der Waals surface area contributed by atoms with Crippen LogP contribution in [0.5, 0.6) is 0 Å².